The average molecular weight is 297 g/mol. The molecule has 110 valence electrons. The number of fused-ring (bicyclic) bond motifs is 1. The minimum absolute atomic E-state index is 0.0174. The van der Waals surface area contributed by atoms with Gasteiger partial charge >= 0.3 is 0 Å². The van der Waals surface area contributed by atoms with E-state index in [4.69, 9.17) is 9.47 Å². The number of thioether (sulfide) groups is 1. The van der Waals surface area contributed by atoms with Crippen molar-refractivity contribution in [3.8, 4) is 11.5 Å². The summed E-state index contributed by atoms with van der Waals surface area (Å²) in [4.78, 5) is 12.2. The Bertz CT molecular complexity index is 476. The molecule has 1 aliphatic rings. The average Bonchev–Trinajstić information content (AvgIpc) is 2.48. The number of rotatable bonds is 5. The van der Waals surface area contributed by atoms with E-state index in [1.165, 1.54) is 11.8 Å². The highest BCUT2D eigenvalue weighted by molar-refractivity contribution is 7.99. The van der Waals surface area contributed by atoms with Gasteiger partial charge in [0.25, 0.3) is 5.91 Å². The lowest BCUT2D eigenvalue weighted by Gasteiger charge is -2.22. The highest BCUT2D eigenvalue weighted by Crippen LogP contribution is 2.30. The van der Waals surface area contributed by atoms with Crippen molar-refractivity contribution in [3.05, 3.63) is 23.8 Å². The molecule has 0 bridgehead atoms. The van der Waals surface area contributed by atoms with E-state index in [9.17, 15) is 9.90 Å². The smallest absolute Gasteiger partial charge is 0.251 e. The lowest BCUT2D eigenvalue weighted by atomic mass is 10.1. The molecule has 5 nitrogen and oxygen atoms in total. The van der Waals surface area contributed by atoms with Crippen molar-refractivity contribution in [2.45, 2.75) is 18.2 Å². The fourth-order valence-corrected chi connectivity index (χ4v) is 2.63. The van der Waals surface area contributed by atoms with Gasteiger partial charge in [-0.1, -0.05) is 0 Å². The molecular formula is C14H19NO4S. The van der Waals surface area contributed by atoms with E-state index in [0.29, 0.717) is 30.3 Å². The van der Waals surface area contributed by atoms with Crippen molar-refractivity contribution in [2.75, 3.05) is 26.1 Å². The summed E-state index contributed by atoms with van der Waals surface area (Å²) in [6.07, 6.45) is 1.91. The Morgan fingerprint density at radius 1 is 1.40 bits per heavy atom. The second-order valence-corrected chi connectivity index (χ2v) is 5.65. The molecule has 0 fully saturated rings. The van der Waals surface area contributed by atoms with Crippen LogP contribution in [0, 0.1) is 0 Å². The monoisotopic (exact) mass is 297 g/mol. The van der Waals surface area contributed by atoms with Gasteiger partial charge in [-0.25, -0.2) is 0 Å². The van der Waals surface area contributed by atoms with Crippen molar-refractivity contribution in [3.63, 3.8) is 0 Å². The first-order chi connectivity index (χ1) is 9.65. The first kappa shape index (κ1) is 15.0. The Morgan fingerprint density at radius 3 is 2.75 bits per heavy atom. The van der Waals surface area contributed by atoms with E-state index in [1.807, 2.05) is 13.2 Å². The first-order valence-corrected chi connectivity index (χ1v) is 7.78. The molecule has 0 saturated heterocycles. The van der Waals surface area contributed by atoms with Crippen LogP contribution in [-0.2, 0) is 0 Å². The number of aliphatic hydroxyl groups excluding tert-OH is 1. The van der Waals surface area contributed by atoms with Gasteiger partial charge < -0.3 is 19.9 Å². The molecule has 1 aromatic rings. The third-order valence-electron chi connectivity index (χ3n) is 3.20. The lowest BCUT2D eigenvalue weighted by molar-refractivity contribution is 0.0934. The molecule has 1 amide bonds. The minimum atomic E-state index is -0.179. The van der Waals surface area contributed by atoms with E-state index in [2.05, 4.69) is 5.32 Å². The zero-order valence-electron chi connectivity index (χ0n) is 11.6. The Labute approximate surface area is 122 Å². The third kappa shape index (κ3) is 3.37. The van der Waals surface area contributed by atoms with Crippen LogP contribution in [0.5, 0.6) is 11.5 Å². The highest BCUT2D eigenvalue weighted by Gasteiger charge is 2.20. The normalized spacial score (nSPS) is 16.4. The van der Waals surface area contributed by atoms with E-state index >= 15 is 0 Å². The van der Waals surface area contributed by atoms with Crippen molar-refractivity contribution < 1.29 is 19.4 Å². The van der Waals surface area contributed by atoms with E-state index in [1.54, 1.807) is 18.2 Å². The number of carbonyl (C=O) groups excluding carboxylic acids is 1. The predicted octanol–water partition coefficient (Wildman–Crippen LogP) is 1.30. The number of amides is 1. The van der Waals surface area contributed by atoms with E-state index < -0.39 is 0 Å². The summed E-state index contributed by atoms with van der Waals surface area (Å²) >= 11 is 1.53. The lowest BCUT2D eigenvalue weighted by Crippen LogP contribution is -2.41. The maximum Gasteiger partial charge on any atom is 0.251 e. The molecule has 1 aliphatic heterocycles. The quantitative estimate of drug-likeness (QED) is 0.857. The van der Waals surface area contributed by atoms with Crippen LogP contribution < -0.4 is 14.8 Å². The fraction of sp³-hybridized carbons (Fsp3) is 0.500. The van der Waals surface area contributed by atoms with Crippen LogP contribution in [0.1, 0.15) is 17.3 Å². The van der Waals surface area contributed by atoms with Crippen molar-refractivity contribution >= 4 is 17.7 Å². The number of ether oxygens (including phenoxy) is 2. The fourth-order valence-electron chi connectivity index (χ4n) is 2.00. The van der Waals surface area contributed by atoms with Crippen LogP contribution in [0.4, 0.5) is 0 Å². The predicted molar refractivity (Wildman–Crippen MR) is 78.7 cm³/mol. The van der Waals surface area contributed by atoms with Gasteiger partial charge in [-0.2, -0.15) is 11.8 Å². The summed E-state index contributed by atoms with van der Waals surface area (Å²) in [5, 5.41) is 12.1. The van der Waals surface area contributed by atoms with Crippen LogP contribution in [0.25, 0.3) is 0 Å². The molecule has 1 heterocycles. The highest BCUT2D eigenvalue weighted by atomic mass is 32.2. The molecule has 0 spiro atoms. The molecule has 0 aromatic heterocycles. The summed E-state index contributed by atoms with van der Waals surface area (Å²) in [6.45, 7) is 2.94. The van der Waals surface area contributed by atoms with Gasteiger partial charge in [0, 0.05) is 16.9 Å². The Kier molecular flexibility index (Phi) is 5.14. The number of carbonyl (C=O) groups is 1. The molecule has 6 heteroatoms. The van der Waals surface area contributed by atoms with Crippen LogP contribution in [0.3, 0.4) is 0 Å². The molecule has 1 aromatic carbocycles. The summed E-state index contributed by atoms with van der Waals surface area (Å²) in [6, 6.07) is 5.02. The Balaban J connectivity index is 2.05. The van der Waals surface area contributed by atoms with Gasteiger partial charge in [0.1, 0.15) is 13.2 Å². The topological polar surface area (TPSA) is 67.8 Å². The standard InChI is InChI=1S/C14H19NO4S/c1-9(13(8-16)20-2)15-14(17)10-3-4-11-12(7-10)19-6-5-18-11/h3-4,7,9,13,16H,5-6,8H2,1-2H3,(H,15,17). The molecule has 2 N–H and O–H groups in total. The minimum Gasteiger partial charge on any atom is -0.486 e. The molecule has 0 aliphatic carbocycles. The van der Waals surface area contributed by atoms with Crippen LogP contribution >= 0.6 is 11.8 Å². The summed E-state index contributed by atoms with van der Waals surface area (Å²) < 4.78 is 10.9. The van der Waals surface area contributed by atoms with E-state index in [0.717, 1.165) is 0 Å². The Hall–Kier alpha value is -1.40. The Morgan fingerprint density at radius 2 is 2.10 bits per heavy atom. The maximum atomic E-state index is 12.2. The largest absolute Gasteiger partial charge is 0.486 e. The van der Waals surface area contributed by atoms with Gasteiger partial charge in [0.05, 0.1) is 6.61 Å². The van der Waals surface area contributed by atoms with Crippen LogP contribution in [0.15, 0.2) is 18.2 Å². The SMILES string of the molecule is CSC(CO)C(C)NC(=O)c1ccc2c(c1)OCCO2. The molecular weight excluding hydrogens is 278 g/mol. The van der Waals surface area contributed by atoms with Crippen LogP contribution in [0.2, 0.25) is 0 Å². The van der Waals surface area contributed by atoms with Gasteiger partial charge in [-0.15, -0.1) is 0 Å². The third-order valence-corrected chi connectivity index (χ3v) is 4.37. The van der Waals surface area contributed by atoms with Gasteiger partial charge in [-0.3, -0.25) is 4.79 Å². The number of hydrogen-bond donors (Lipinski definition) is 2. The van der Waals surface area contributed by atoms with Crippen molar-refractivity contribution in [2.24, 2.45) is 0 Å². The maximum absolute atomic E-state index is 12.2. The molecule has 20 heavy (non-hydrogen) atoms. The molecule has 2 atom stereocenters. The second kappa shape index (κ2) is 6.85. The number of hydrogen-bond acceptors (Lipinski definition) is 5. The number of benzene rings is 1. The molecule has 2 rings (SSSR count). The van der Waals surface area contributed by atoms with Crippen LogP contribution in [-0.4, -0.2) is 48.4 Å². The number of nitrogens with one attached hydrogen (secondary N) is 1. The number of aliphatic hydroxyl groups is 1. The summed E-state index contributed by atoms with van der Waals surface area (Å²) in [7, 11) is 0. The second-order valence-electron chi connectivity index (χ2n) is 4.58. The molecule has 0 saturated carbocycles. The van der Waals surface area contributed by atoms with Gasteiger partial charge in [0.15, 0.2) is 11.5 Å². The van der Waals surface area contributed by atoms with Gasteiger partial charge in [0.2, 0.25) is 0 Å². The zero-order chi connectivity index (χ0) is 14.5. The van der Waals surface area contributed by atoms with Crippen molar-refractivity contribution in [1.29, 1.82) is 0 Å². The zero-order valence-corrected chi connectivity index (χ0v) is 12.4. The van der Waals surface area contributed by atoms with E-state index in [-0.39, 0.29) is 23.8 Å². The first-order valence-electron chi connectivity index (χ1n) is 6.50. The van der Waals surface area contributed by atoms with Gasteiger partial charge in [-0.05, 0) is 31.4 Å². The molecule has 2 unspecified atom stereocenters. The summed E-state index contributed by atoms with van der Waals surface area (Å²) in [5.74, 6) is 1.08. The van der Waals surface area contributed by atoms with Crippen molar-refractivity contribution in [1.82, 2.24) is 5.32 Å². The molecule has 0 radical (unpaired) electrons. The summed E-state index contributed by atoms with van der Waals surface area (Å²) in [5.41, 5.74) is 0.527.